The normalized spacial score (nSPS) is 11.8. The molecule has 0 spiro atoms. The molecule has 0 aliphatic heterocycles. The number of amides is 2. The summed E-state index contributed by atoms with van der Waals surface area (Å²) in [4.78, 5) is 28.1. The van der Waals surface area contributed by atoms with Gasteiger partial charge >= 0.3 is 0 Å². The Labute approximate surface area is 181 Å². The molecule has 30 heavy (non-hydrogen) atoms. The third-order valence-electron chi connectivity index (χ3n) is 5.54. The molecule has 0 aromatic heterocycles. The second-order valence-corrected chi connectivity index (χ2v) is 8.18. The van der Waals surface area contributed by atoms with Gasteiger partial charge in [-0.15, -0.1) is 0 Å². The van der Waals surface area contributed by atoms with Crippen LogP contribution in [0.25, 0.3) is 0 Å². The zero-order chi connectivity index (χ0) is 22.1. The first-order valence-electron chi connectivity index (χ1n) is 11.0. The Kier molecular flexibility index (Phi) is 9.10. The van der Waals surface area contributed by atoms with Crippen LogP contribution in [0.4, 0.5) is 0 Å². The molecule has 0 heterocycles. The van der Waals surface area contributed by atoms with Gasteiger partial charge in [0.05, 0.1) is 6.42 Å². The van der Waals surface area contributed by atoms with Crippen LogP contribution in [0, 0.1) is 20.8 Å². The van der Waals surface area contributed by atoms with Crippen molar-refractivity contribution in [3.63, 3.8) is 0 Å². The van der Waals surface area contributed by atoms with E-state index in [1.807, 2.05) is 52.0 Å². The van der Waals surface area contributed by atoms with E-state index < -0.39 is 6.04 Å². The van der Waals surface area contributed by atoms with Crippen molar-refractivity contribution in [2.24, 2.45) is 0 Å². The Morgan fingerprint density at radius 1 is 0.967 bits per heavy atom. The van der Waals surface area contributed by atoms with Gasteiger partial charge < -0.3 is 10.2 Å². The molecular weight excluding hydrogens is 372 g/mol. The van der Waals surface area contributed by atoms with E-state index in [9.17, 15) is 9.59 Å². The van der Waals surface area contributed by atoms with Gasteiger partial charge in [0, 0.05) is 13.1 Å². The molecule has 0 saturated carbocycles. The average Bonchev–Trinajstić information content (AvgIpc) is 2.72. The summed E-state index contributed by atoms with van der Waals surface area (Å²) >= 11 is 0. The summed E-state index contributed by atoms with van der Waals surface area (Å²) in [5.41, 5.74) is 5.48. The average molecular weight is 409 g/mol. The summed E-state index contributed by atoms with van der Waals surface area (Å²) in [6.45, 7) is 11.3. The Morgan fingerprint density at radius 3 is 2.27 bits per heavy atom. The molecule has 2 rings (SSSR count). The minimum absolute atomic E-state index is 0.0123. The molecule has 0 fully saturated rings. The zero-order valence-corrected chi connectivity index (χ0v) is 19.1. The third-order valence-corrected chi connectivity index (χ3v) is 5.54. The first-order valence-corrected chi connectivity index (χ1v) is 11.0. The summed E-state index contributed by atoms with van der Waals surface area (Å²) in [5, 5.41) is 3.02. The first kappa shape index (κ1) is 23.7. The van der Waals surface area contributed by atoms with E-state index >= 15 is 0 Å². The van der Waals surface area contributed by atoms with Gasteiger partial charge in [-0.1, -0.05) is 73.9 Å². The van der Waals surface area contributed by atoms with Crippen molar-refractivity contribution < 1.29 is 9.59 Å². The fourth-order valence-electron chi connectivity index (χ4n) is 3.57. The van der Waals surface area contributed by atoms with Crippen LogP contribution < -0.4 is 5.32 Å². The van der Waals surface area contributed by atoms with Crippen molar-refractivity contribution in [2.45, 2.75) is 72.9 Å². The first-order chi connectivity index (χ1) is 14.3. The van der Waals surface area contributed by atoms with E-state index in [-0.39, 0.29) is 11.8 Å². The summed E-state index contributed by atoms with van der Waals surface area (Å²) in [6, 6.07) is 13.9. The van der Waals surface area contributed by atoms with Crippen LogP contribution in [0.1, 0.15) is 60.9 Å². The molecule has 0 unspecified atom stereocenters. The molecule has 0 radical (unpaired) electrons. The van der Waals surface area contributed by atoms with E-state index in [2.05, 4.69) is 30.4 Å². The molecular formula is C26H36N2O2. The smallest absolute Gasteiger partial charge is 0.242 e. The molecule has 0 aliphatic rings. The topological polar surface area (TPSA) is 49.4 Å². The second-order valence-electron chi connectivity index (χ2n) is 8.18. The van der Waals surface area contributed by atoms with Gasteiger partial charge in [-0.05, 0) is 50.3 Å². The van der Waals surface area contributed by atoms with Crippen molar-refractivity contribution >= 4 is 11.8 Å². The summed E-state index contributed by atoms with van der Waals surface area (Å²) in [7, 11) is 0. The summed E-state index contributed by atoms with van der Waals surface area (Å²) < 4.78 is 0. The van der Waals surface area contributed by atoms with Crippen LogP contribution in [-0.4, -0.2) is 29.3 Å². The number of unbranched alkanes of at least 4 members (excludes halogenated alkanes) is 1. The maximum atomic E-state index is 13.4. The minimum Gasteiger partial charge on any atom is -0.354 e. The fourth-order valence-corrected chi connectivity index (χ4v) is 3.57. The minimum atomic E-state index is -0.472. The number of hydrogen-bond donors (Lipinski definition) is 1. The van der Waals surface area contributed by atoms with Crippen LogP contribution in [0.15, 0.2) is 42.5 Å². The summed E-state index contributed by atoms with van der Waals surface area (Å²) in [5.74, 6) is -0.0749. The summed E-state index contributed by atoms with van der Waals surface area (Å²) in [6.07, 6.45) is 2.85. The predicted molar refractivity (Wildman–Crippen MR) is 123 cm³/mol. The Morgan fingerprint density at radius 2 is 1.63 bits per heavy atom. The largest absolute Gasteiger partial charge is 0.354 e. The molecule has 0 bridgehead atoms. The van der Waals surface area contributed by atoms with Gasteiger partial charge in [-0.2, -0.15) is 0 Å². The van der Waals surface area contributed by atoms with Crippen molar-refractivity contribution in [3.05, 3.63) is 70.3 Å². The highest BCUT2D eigenvalue weighted by molar-refractivity contribution is 5.88. The van der Waals surface area contributed by atoms with Crippen molar-refractivity contribution in [2.75, 3.05) is 6.54 Å². The quantitative estimate of drug-likeness (QED) is 0.570. The van der Waals surface area contributed by atoms with E-state index in [1.165, 1.54) is 5.56 Å². The highest BCUT2D eigenvalue weighted by atomic mass is 16.2. The van der Waals surface area contributed by atoms with Crippen molar-refractivity contribution in [1.29, 1.82) is 0 Å². The number of rotatable bonds is 10. The lowest BCUT2D eigenvalue weighted by Crippen LogP contribution is -2.49. The molecule has 2 aromatic rings. The maximum Gasteiger partial charge on any atom is 0.242 e. The molecule has 0 saturated heterocycles. The number of aryl methyl sites for hydroxylation is 3. The van der Waals surface area contributed by atoms with Gasteiger partial charge in [0.25, 0.3) is 0 Å². The highest BCUT2D eigenvalue weighted by Crippen LogP contribution is 2.17. The number of carbonyl (C=O) groups excluding carboxylic acids is 2. The second kappa shape index (κ2) is 11.5. The van der Waals surface area contributed by atoms with Gasteiger partial charge in [-0.25, -0.2) is 0 Å². The molecule has 4 heteroatoms. The highest BCUT2D eigenvalue weighted by Gasteiger charge is 2.28. The molecule has 4 nitrogen and oxygen atoms in total. The predicted octanol–water partition coefficient (Wildman–Crippen LogP) is 4.88. The lowest BCUT2D eigenvalue weighted by atomic mass is 10.0. The van der Waals surface area contributed by atoms with Crippen molar-refractivity contribution in [3.8, 4) is 0 Å². The Balaban J connectivity index is 2.28. The number of carbonyl (C=O) groups is 2. The molecule has 2 aromatic carbocycles. The fraction of sp³-hybridized carbons (Fsp3) is 0.462. The molecule has 0 aliphatic carbocycles. The molecule has 162 valence electrons. The SMILES string of the molecule is CCCCNC(=O)[C@H](CC)N(Cc1ccc(C)cc1)C(=O)Cc1cc(C)ccc1C. The number of nitrogens with zero attached hydrogens (tertiary/aromatic N) is 1. The molecule has 1 atom stereocenters. The van der Waals surface area contributed by atoms with E-state index in [0.717, 1.165) is 35.1 Å². The zero-order valence-electron chi connectivity index (χ0n) is 19.1. The van der Waals surface area contributed by atoms with Gasteiger partial charge in [-0.3, -0.25) is 9.59 Å². The van der Waals surface area contributed by atoms with Gasteiger partial charge in [0.2, 0.25) is 11.8 Å². The standard InChI is InChI=1S/C26H36N2O2/c1-6-8-15-27-26(30)24(7-2)28(18-22-13-10-19(3)11-14-22)25(29)17-23-16-20(4)9-12-21(23)5/h9-14,16,24H,6-8,15,17-18H2,1-5H3,(H,27,30)/t24-/m0/s1. The number of nitrogens with one attached hydrogen (secondary N) is 1. The van der Waals surface area contributed by atoms with E-state index in [4.69, 9.17) is 0 Å². The van der Waals surface area contributed by atoms with Gasteiger partial charge in [0.1, 0.15) is 6.04 Å². The molecule has 1 N–H and O–H groups in total. The molecule has 2 amide bonds. The van der Waals surface area contributed by atoms with Crippen LogP contribution in [-0.2, 0) is 22.6 Å². The lowest BCUT2D eigenvalue weighted by Gasteiger charge is -2.31. The van der Waals surface area contributed by atoms with E-state index in [0.29, 0.717) is 25.9 Å². The Hall–Kier alpha value is -2.62. The van der Waals surface area contributed by atoms with Crippen LogP contribution in [0.3, 0.4) is 0 Å². The van der Waals surface area contributed by atoms with Crippen LogP contribution in [0.5, 0.6) is 0 Å². The Bertz CT molecular complexity index is 843. The van der Waals surface area contributed by atoms with E-state index in [1.54, 1.807) is 4.90 Å². The third kappa shape index (κ3) is 6.72. The number of benzene rings is 2. The number of hydrogen-bond acceptors (Lipinski definition) is 2. The van der Waals surface area contributed by atoms with Gasteiger partial charge in [0.15, 0.2) is 0 Å². The lowest BCUT2D eigenvalue weighted by molar-refractivity contribution is -0.140. The van der Waals surface area contributed by atoms with Crippen molar-refractivity contribution in [1.82, 2.24) is 10.2 Å². The maximum absolute atomic E-state index is 13.4. The van der Waals surface area contributed by atoms with Crippen LogP contribution in [0.2, 0.25) is 0 Å². The monoisotopic (exact) mass is 408 g/mol. The van der Waals surface area contributed by atoms with Crippen LogP contribution >= 0.6 is 0 Å².